The smallest absolute Gasteiger partial charge is 0.241 e. The number of amides is 2. The molecule has 1 heterocycles. The lowest BCUT2D eigenvalue weighted by atomic mass is 10.00. The summed E-state index contributed by atoms with van der Waals surface area (Å²) < 4.78 is 5.26. The van der Waals surface area contributed by atoms with Crippen LogP contribution in [0.25, 0.3) is 0 Å². The largest absolute Gasteiger partial charge is 0.381 e. The average molecular weight is 243 g/mol. The maximum atomic E-state index is 11.7. The van der Waals surface area contributed by atoms with Gasteiger partial charge in [0.05, 0.1) is 13.1 Å². The standard InChI is InChI=1S/C11H21N3O3/c1-14(8-9-2-4-17-5-3-9)11(16)7-13-10(15)6-12/h9H,2-8,12H2,1H3,(H,13,15). The molecule has 1 rings (SSSR count). The van der Waals surface area contributed by atoms with Crippen LogP contribution in [0.3, 0.4) is 0 Å². The van der Waals surface area contributed by atoms with E-state index in [0.717, 1.165) is 32.6 Å². The molecular formula is C11H21N3O3. The molecule has 6 nitrogen and oxygen atoms in total. The first kappa shape index (κ1) is 13.9. The van der Waals surface area contributed by atoms with Gasteiger partial charge in [-0.05, 0) is 18.8 Å². The molecule has 0 aromatic heterocycles. The van der Waals surface area contributed by atoms with Crippen molar-refractivity contribution >= 4 is 11.8 Å². The second kappa shape index (κ2) is 7.24. The summed E-state index contributed by atoms with van der Waals surface area (Å²) in [6, 6.07) is 0. The van der Waals surface area contributed by atoms with E-state index >= 15 is 0 Å². The summed E-state index contributed by atoms with van der Waals surface area (Å²) in [4.78, 5) is 24.2. The molecule has 0 aromatic rings. The Morgan fingerprint density at radius 2 is 2.06 bits per heavy atom. The molecule has 3 N–H and O–H groups in total. The molecule has 0 spiro atoms. The van der Waals surface area contributed by atoms with Crippen LogP contribution in [0.1, 0.15) is 12.8 Å². The second-order valence-corrected chi connectivity index (χ2v) is 4.31. The fraction of sp³-hybridized carbons (Fsp3) is 0.818. The Kier molecular flexibility index (Phi) is 5.93. The van der Waals surface area contributed by atoms with Gasteiger partial charge in [-0.15, -0.1) is 0 Å². The van der Waals surface area contributed by atoms with Crippen LogP contribution in [0.4, 0.5) is 0 Å². The van der Waals surface area contributed by atoms with Gasteiger partial charge in [0.2, 0.25) is 11.8 Å². The molecule has 0 aromatic carbocycles. The third-order valence-corrected chi connectivity index (χ3v) is 2.92. The summed E-state index contributed by atoms with van der Waals surface area (Å²) in [5.41, 5.74) is 5.13. The maximum absolute atomic E-state index is 11.7. The molecule has 0 bridgehead atoms. The Hall–Kier alpha value is -1.14. The van der Waals surface area contributed by atoms with E-state index in [2.05, 4.69) is 5.32 Å². The number of rotatable bonds is 5. The first-order valence-electron chi connectivity index (χ1n) is 5.92. The predicted octanol–water partition coefficient (Wildman–Crippen LogP) is -1.05. The first-order valence-corrected chi connectivity index (χ1v) is 5.92. The van der Waals surface area contributed by atoms with Crippen molar-refractivity contribution in [3.8, 4) is 0 Å². The van der Waals surface area contributed by atoms with Gasteiger partial charge in [0, 0.05) is 26.8 Å². The van der Waals surface area contributed by atoms with Crippen molar-refractivity contribution in [2.45, 2.75) is 12.8 Å². The van der Waals surface area contributed by atoms with Crippen LogP contribution >= 0.6 is 0 Å². The Labute approximate surface area is 101 Å². The van der Waals surface area contributed by atoms with Crippen molar-refractivity contribution in [1.29, 1.82) is 0 Å². The summed E-state index contributed by atoms with van der Waals surface area (Å²) >= 11 is 0. The van der Waals surface area contributed by atoms with E-state index in [4.69, 9.17) is 10.5 Å². The topological polar surface area (TPSA) is 84.7 Å². The van der Waals surface area contributed by atoms with Crippen LogP contribution in [0.15, 0.2) is 0 Å². The third-order valence-electron chi connectivity index (χ3n) is 2.92. The number of likely N-dealkylation sites (N-methyl/N-ethyl adjacent to an activating group) is 1. The number of ether oxygens (including phenoxy) is 1. The molecule has 0 radical (unpaired) electrons. The monoisotopic (exact) mass is 243 g/mol. The molecule has 2 amide bonds. The van der Waals surface area contributed by atoms with Crippen LogP contribution in [-0.4, -0.2) is 56.6 Å². The molecule has 0 atom stereocenters. The number of hydrogen-bond donors (Lipinski definition) is 2. The zero-order valence-corrected chi connectivity index (χ0v) is 10.3. The van der Waals surface area contributed by atoms with Crippen molar-refractivity contribution in [2.75, 3.05) is 39.9 Å². The molecule has 1 aliphatic heterocycles. The van der Waals surface area contributed by atoms with Crippen molar-refractivity contribution in [1.82, 2.24) is 10.2 Å². The van der Waals surface area contributed by atoms with Crippen molar-refractivity contribution in [3.05, 3.63) is 0 Å². The maximum Gasteiger partial charge on any atom is 0.241 e. The third kappa shape index (κ3) is 5.14. The van der Waals surface area contributed by atoms with Gasteiger partial charge in [0.1, 0.15) is 0 Å². The van der Waals surface area contributed by atoms with Crippen LogP contribution in [0, 0.1) is 5.92 Å². The van der Waals surface area contributed by atoms with E-state index in [1.807, 2.05) is 0 Å². The zero-order valence-electron chi connectivity index (χ0n) is 10.3. The van der Waals surface area contributed by atoms with Crippen LogP contribution in [-0.2, 0) is 14.3 Å². The molecular weight excluding hydrogens is 222 g/mol. The zero-order chi connectivity index (χ0) is 12.7. The number of nitrogens with two attached hydrogens (primary N) is 1. The Bertz CT molecular complexity index is 265. The number of hydrogen-bond acceptors (Lipinski definition) is 4. The first-order chi connectivity index (χ1) is 8.13. The molecule has 0 aliphatic carbocycles. The molecule has 98 valence electrons. The molecule has 6 heteroatoms. The lowest BCUT2D eigenvalue weighted by molar-refractivity contribution is -0.132. The summed E-state index contributed by atoms with van der Waals surface area (Å²) in [7, 11) is 1.76. The van der Waals surface area contributed by atoms with Crippen molar-refractivity contribution in [3.63, 3.8) is 0 Å². The van der Waals surface area contributed by atoms with E-state index in [0.29, 0.717) is 5.92 Å². The normalized spacial score (nSPS) is 16.6. The van der Waals surface area contributed by atoms with Gasteiger partial charge < -0.3 is 20.7 Å². The van der Waals surface area contributed by atoms with E-state index in [1.54, 1.807) is 11.9 Å². The Morgan fingerprint density at radius 3 is 2.65 bits per heavy atom. The second-order valence-electron chi connectivity index (χ2n) is 4.31. The van der Waals surface area contributed by atoms with Gasteiger partial charge in [0.25, 0.3) is 0 Å². The number of nitrogens with one attached hydrogen (secondary N) is 1. The molecule has 0 saturated carbocycles. The number of nitrogens with zero attached hydrogens (tertiary/aromatic N) is 1. The Morgan fingerprint density at radius 1 is 1.41 bits per heavy atom. The molecule has 1 aliphatic rings. The minimum absolute atomic E-state index is 0.0236. The highest BCUT2D eigenvalue weighted by atomic mass is 16.5. The highest BCUT2D eigenvalue weighted by molar-refractivity contribution is 5.85. The van der Waals surface area contributed by atoms with E-state index < -0.39 is 0 Å². The van der Waals surface area contributed by atoms with E-state index in [1.165, 1.54) is 0 Å². The van der Waals surface area contributed by atoms with Gasteiger partial charge in [-0.25, -0.2) is 0 Å². The summed E-state index contributed by atoms with van der Waals surface area (Å²) in [5, 5.41) is 2.47. The highest BCUT2D eigenvalue weighted by Gasteiger charge is 2.18. The van der Waals surface area contributed by atoms with Crippen molar-refractivity contribution < 1.29 is 14.3 Å². The average Bonchev–Trinajstić information content (AvgIpc) is 2.36. The predicted molar refractivity (Wildman–Crippen MR) is 63.2 cm³/mol. The summed E-state index contributed by atoms with van der Waals surface area (Å²) in [6.45, 7) is 2.21. The summed E-state index contributed by atoms with van der Waals surface area (Å²) in [6.07, 6.45) is 1.99. The van der Waals surface area contributed by atoms with E-state index in [9.17, 15) is 9.59 Å². The lowest BCUT2D eigenvalue weighted by Gasteiger charge is -2.27. The molecule has 17 heavy (non-hydrogen) atoms. The molecule has 1 fully saturated rings. The fourth-order valence-electron chi connectivity index (χ4n) is 1.80. The van der Waals surface area contributed by atoms with Gasteiger partial charge >= 0.3 is 0 Å². The van der Waals surface area contributed by atoms with Crippen LogP contribution in [0.2, 0.25) is 0 Å². The fourth-order valence-corrected chi connectivity index (χ4v) is 1.80. The van der Waals surface area contributed by atoms with E-state index in [-0.39, 0.29) is 24.9 Å². The number of carbonyl (C=O) groups is 2. The molecule has 0 unspecified atom stereocenters. The van der Waals surface area contributed by atoms with Crippen LogP contribution in [0.5, 0.6) is 0 Å². The minimum atomic E-state index is -0.308. The summed E-state index contributed by atoms with van der Waals surface area (Å²) in [5.74, 6) is 0.110. The quantitative estimate of drug-likeness (QED) is 0.645. The SMILES string of the molecule is CN(CC1CCOCC1)C(=O)CNC(=O)CN. The van der Waals surface area contributed by atoms with Gasteiger partial charge in [-0.3, -0.25) is 9.59 Å². The van der Waals surface area contributed by atoms with Crippen molar-refractivity contribution in [2.24, 2.45) is 11.7 Å². The number of carbonyl (C=O) groups excluding carboxylic acids is 2. The Balaban J connectivity index is 2.23. The van der Waals surface area contributed by atoms with Gasteiger partial charge in [-0.2, -0.15) is 0 Å². The lowest BCUT2D eigenvalue weighted by Crippen LogP contribution is -2.42. The minimum Gasteiger partial charge on any atom is -0.381 e. The van der Waals surface area contributed by atoms with Gasteiger partial charge in [0.15, 0.2) is 0 Å². The van der Waals surface area contributed by atoms with Crippen LogP contribution < -0.4 is 11.1 Å². The highest BCUT2D eigenvalue weighted by Crippen LogP contribution is 2.15. The van der Waals surface area contributed by atoms with Gasteiger partial charge in [-0.1, -0.05) is 0 Å². The molecule has 1 saturated heterocycles.